The van der Waals surface area contributed by atoms with Gasteiger partial charge in [-0.25, -0.2) is 0 Å². The summed E-state index contributed by atoms with van der Waals surface area (Å²) < 4.78 is 1.06. The normalized spacial score (nSPS) is 11.8. The molecule has 17 heavy (non-hydrogen) atoms. The third-order valence-corrected chi connectivity index (χ3v) is 3.51. The van der Waals surface area contributed by atoms with Gasteiger partial charge in [-0.3, -0.25) is 4.90 Å². The Kier molecular flexibility index (Phi) is 5.47. The second-order valence-corrected chi connectivity index (χ2v) is 6.05. The first kappa shape index (κ1) is 14.5. The lowest BCUT2D eigenvalue weighted by atomic mass is 10.1. The van der Waals surface area contributed by atoms with Crippen LogP contribution in [-0.4, -0.2) is 22.6 Å². The average Bonchev–Trinajstić information content (AvgIpc) is 2.21. The molecule has 0 spiro atoms. The molecule has 2 nitrogen and oxygen atoms in total. The van der Waals surface area contributed by atoms with Crippen molar-refractivity contribution in [2.24, 2.45) is 5.92 Å². The molecule has 0 aromatic heterocycles. The average molecular weight is 300 g/mol. The van der Waals surface area contributed by atoms with Gasteiger partial charge in [0.15, 0.2) is 0 Å². The van der Waals surface area contributed by atoms with Crippen molar-refractivity contribution in [1.82, 2.24) is 4.90 Å². The fourth-order valence-electron chi connectivity index (χ4n) is 1.83. The smallest absolute Gasteiger partial charge is 0.115 e. The highest BCUT2D eigenvalue weighted by molar-refractivity contribution is 9.10. The van der Waals surface area contributed by atoms with Crippen LogP contribution in [0.2, 0.25) is 0 Å². The van der Waals surface area contributed by atoms with Gasteiger partial charge in [-0.15, -0.1) is 0 Å². The Morgan fingerprint density at radius 1 is 1.24 bits per heavy atom. The molecule has 0 fully saturated rings. The zero-order valence-corrected chi connectivity index (χ0v) is 12.7. The maximum atomic E-state index is 9.53. The molecule has 0 aliphatic rings. The Bertz CT molecular complexity index is 363. The van der Waals surface area contributed by atoms with E-state index in [9.17, 15) is 5.11 Å². The summed E-state index contributed by atoms with van der Waals surface area (Å²) in [5.41, 5.74) is 1.14. The lowest BCUT2D eigenvalue weighted by molar-refractivity contribution is 0.188. The maximum Gasteiger partial charge on any atom is 0.115 e. The van der Waals surface area contributed by atoms with Crippen LogP contribution in [0.1, 0.15) is 33.3 Å². The molecule has 1 aromatic carbocycles. The molecule has 0 aliphatic heterocycles. The summed E-state index contributed by atoms with van der Waals surface area (Å²) in [5.74, 6) is 0.977. The SMILES string of the molecule is CC(C)CN(Cc1cc(O)ccc1Br)C(C)C. The summed E-state index contributed by atoms with van der Waals surface area (Å²) in [6.45, 7) is 10.8. The van der Waals surface area contributed by atoms with Crippen LogP contribution in [0.25, 0.3) is 0 Å². The molecule has 0 atom stereocenters. The molecular formula is C14H22BrNO. The van der Waals surface area contributed by atoms with Crippen molar-refractivity contribution < 1.29 is 5.11 Å². The largest absolute Gasteiger partial charge is 0.508 e. The minimum Gasteiger partial charge on any atom is -0.508 e. The van der Waals surface area contributed by atoms with Gasteiger partial charge in [0, 0.05) is 23.6 Å². The first-order valence-electron chi connectivity index (χ1n) is 6.11. The van der Waals surface area contributed by atoms with E-state index in [0.29, 0.717) is 17.7 Å². The van der Waals surface area contributed by atoms with Gasteiger partial charge in [-0.2, -0.15) is 0 Å². The van der Waals surface area contributed by atoms with Crippen molar-refractivity contribution in [2.45, 2.75) is 40.3 Å². The number of rotatable bonds is 5. The zero-order chi connectivity index (χ0) is 13.0. The van der Waals surface area contributed by atoms with E-state index in [1.807, 2.05) is 12.1 Å². The van der Waals surface area contributed by atoms with Gasteiger partial charge in [0.1, 0.15) is 5.75 Å². The first-order valence-corrected chi connectivity index (χ1v) is 6.91. The molecule has 0 saturated carbocycles. The second kappa shape index (κ2) is 6.41. The third-order valence-electron chi connectivity index (χ3n) is 2.73. The summed E-state index contributed by atoms with van der Waals surface area (Å²) >= 11 is 3.54. The second-order valence-electron chi connectivity index (χ2n) is 5.19. The van der Waals surface area contributed by atoms with Crippen molar-refractivity contribution in [1.29, 1.82) is 0 Å². The van der Waals surface area contributed by atoms with Crippen LogP contribution >= 0.6 is 15.9 Å². The van der Waals surface area contributed by atoms with Crippen molar-refractivity contribution in [3.63, 3.8) is 0 Å². The lowest BCUT2D eigenvalue weighted by Crippen LogP contribution is -2.33. The molecular weight excluding hydrogens is 278 g/mol. The number of nitrogens with zero attached hydrogens (tertiary/aromatic N) is 1. The van der Waals surface area contributed by atoms with Crippen LogP contribution < -0.4 is 0 Å². The van der Waals surface area contributed by atoms with Crippen molar-refractivity contribution in [2.75, 3.05) is 6.54 Å². The van der Waals surface area contributed by atoms with Gasteiger partial charge in [0.2, 0.25) is 0 Å². The topological polar surface area (TPSA) is 23.5 Å². The molecule has 1 aromatic rings. The van der Waals surface area contributed by atoms with E-state index in [1.165, 1.54) is 0 Å². The predicted octanol–water partition coefficient (Wildman–Crippen LogP) is 4.02. The van der Waals surface area contributed by atoms with Crippen LogP contribution in [0.5, 0.6) is 5.75 Å². The van der Waals surface area contributed by atoms with E-state index in [-0.39, 0.29) is 0 Å². The molecule has 0 heterocycles. The maximum absolute atomic E-state index is 9.53. The van der Waals surface area contributed by atoms with E-state index < -0.39 is 0 Å². The van der Waals surface area contributed by atoms with Crippen LogP contribution in [0.4, 0.5) is 0 Å². The molecule has 1 N–H and O–H groups in total. The first-order chi connectivity index (χ1) is 7.90. The van der Waals surface area contributed by atoms with E-state index in [2.05, 4.69) is 48.5 Å². The molecule has 96 valence electrons. The van der Waals surface area contributed by atoms with Gasteiger partial charge >= 0.3 is 0 Å². The van der Waals surface area contributed by atoms with E-state index in [0.717, 1.165) is 23.1 Å². The summed E-state index contributed by atoms with van der Waals surface area (Å²) in [7, 11) is 0. The Morgan fingerprint density at radius 2 is 1.88 bits per heavy atom. The predicted molar refractivity (Wildman–Crippen MR) is 76.2 cm³/mol. The van der Waals surface area contributed by atoms with Crippen molar-refractivity contribution >= 4 is 15.9 Å². The monoisotopic (exact) mass is 299 g/mol. The minimum absolute atomic E-state index is 0.330. The fraction of sp³-hybridized carbons (Fsp3) is 0.571. The molecule has 0 radical (unpaired) electrons. The quantitative estimate of drug-likeness (QED) is 0.887. The molecule has 0 unspecified atom stereocenters. The number of halogens is 1. The van der Waals surface area contributed by atoms with Crippen LogP contribution in [0.3, 0.4) is 0 Å². The van der Waals surface area contributed by atoms with Gasteiger partial charge < -0.3 is 5.11 Å². The summed E-state index contributed by atoms with van der Waals surface area (Å²) in [4.78, 5) is 2.42. The third kappa shape index (κ3) is 4.68. The van der Waals surface area contributed by atoms with Crippen LogP contribution in [-0.2, 0) is 6.54 Å². The number of hydrogen-bond donors (Lipinski definition) is 1. The fourth-order valence-corrected chi connectivity index (χ4v) is 2.20. The molecule has 0 amide bonds. The highest BCUT2D eigenvalue weighted by Crippen LogP contribution is 2.24. The zero-order valence-electron chi connectivity index (χ0n) is 11.1. The number of phenols is 1. The highest BCUT2D eigenvalue weighted by atomic mass is 79.9. The number of hydrogen-bond acceptors (Lipinski definition) is 2. The van der Waals surface area contributed by atoms with Crippen LogP contribution in [0, 0.1) is 5.92 Å². The summed E-state index contributed by atoms with van der Waals surface area (Å²) in [6.07, 6.45) is 0. The number of benzene rings is 1. The molecule has 0 bridgehead atoms. The van der Waals surface area contributed by atoms with E-state index in [1.54, 1.807) is 6.07 Å². The highest BCUT2D eigenvalue weighted by Gasteiger charge is 2.13. The standard InChI is InChI=1S/C14H22BrNO/c1-10(2)8-16(11(3)4)9-12-7-13(17)5-6-14(12)15/h5-7,10-11,17H,8-9H2,1-4H3. The lowest BCUT2D eigenvalue weighted by Gasteiger charge is -2.28. The van der Waals surface area contributed by atoms with E-state index in [4.69, 9.17) is 0 Å². The Hall–Kier alpha value is -0.540. The Labute approximate surface area is 113 Å². The molecule has 0 saturated heterocycles. The van der Waals surface area contributed by atoms with Gasteiger partial charge in [0.05, 0.1) is 0 Å². The van der Waals surface area contributed by atoms with Crippen molar-refractivity contribution in [3.8, 4) is 5.75 Å². The van der Waals surface area contributed by atoms with E-state index >= 15 is 0 Å². The molecule has 1 rings (SSSR count). The Balaban J connectivity index is 2.81. The summed E-state index contributed by atoms with van der Waals surface area (Å²) in [6, 6.07) is 5.94. The number of aromatic hydroxyl groups is 1. The number of phenolic OH excluding ortho intramolecular Hbond substituents is 1. The van der Waals surface area contributed by atoms with Gasteiger partial charge in [-0.1, -0.05) is 29.8 Å². The van der Waals surface area contributed by atoms with Crippen molar-refractivity contribution in [3.05, 3.63) is 28.2 Å². The van der Waals surface area contributed by atoms with Gasteiger partial charge in [-0.05, 0) is 43.5 Å². The minimum atomic E-state index is 0.330. The Morgan fingerprint density at radius 3 is 2.41 bits per heavy atom. The van der Waals surface area contributed by atoms with Gasteiger partial charge in [0.25, 0.3) is 0 Å². The summed E-state index contributed by atoms with van der Waals surface area (Å²) in [5, 5.41) is 9.53. The van der Waals surface area contributed by atoms with Crippen LogP contribution in [0.15, 0.2) is 22.7 Å². The molecule has 0 aliphatic carbocycles. The molecule has 3 heteroatoms.